The molecule has 0 saturated heterocycles. The molecule has 0 spiro atoms. The third kappa shape index (κ3) is 4.67. The Kier molecular flexibility index (Phi) is 9.19. The minimum atomic E-state index is -1.50. The first-order valence-electron chi connectivity index (χ1n) is 14.7. The van der Waals surface area contributed by atoms with Gasteiger partial charge in [-0.05, 0) is 64.1 Å². The number of nitrogens with zero attached hydrogens (tertiary/aromatic N) is 4. The zero-order chi connectivity index (χ0) is 30.7. The zero-order valence-electron chi connectivity index (χ0n) is 25.6. The first kappa shape index (κ1) is 32.5. The molecule has 3 aromatic carbocycles. The van der Waals surface area contributed by atoms with Gasteiger partial charge in [-0.15, -0.1) is 0 Å². The van der Waals surface area contributed by atoms with Crippen LogP contribution in [-0.4, -0.2) is 18.7 Å². The quantitative estimate of drug-likeness (QED) is 0.145. The van der Waals surface area contributed by atoms with Gasteiger partial charge in [0.1, 0.15) is 10.6 Å². The van der Waals surface area contributed by atoms with Crippen LogP contribution < -0.4 is 32.8 Å². The maximum atomic E-state index is 13.6. The predicted octanol–water partition coefficient (Wildman–Crippen LogP) is 5.05. The van der Waals surface area contributed by atoms with Crippen molar-refractivity contribution in [2.45, 2.75) is 64.7 Å². The summed E-state index contributed by atoms with van der Waals surface area (Å²) in [4.78, 5) is 54.6. The third-order valence-corrected chi connectivity index (χ3v) is 15.8. The maximum Gasteiger partial charge on any atom is 0.276 e. The summed E-state index contributed by atoms with van der Waals surface area (Å²) in [6, 6.07) is 22.4. The van der Waals surface area contributed by atoms with E-state index in [9.17, 15) is 19.2 Å². The molecular formula is C33H37N4O4P2Pd+. The van der Waals surface area contributed by atoms with Gasteiger partial charge in [-0.1, -0.05) is 36.4 Å². The van der Waals surface area contributed by atoms with E-state index >= 15 is 0 Å². The van der Waals surface area contributed by atoms with Crippen molar-refractivity contribution in [1.82, 2.24) is 18.7 Å². The van der Waals surface area contributed by atoms with E-state index in [-0.39, 0.29) is 65.8 Å². The van der Waals surface area contributed by atoms with Gasteiger partial charge in [-0.3, -0.25) is 19.2 Å². The van der Waals surface area contributed by atoms with Crippen LogP contribution in [0.3, 0.4) is 0 Å². The standard InChI is InChI=1S/C30H28N4O4P2.C3H7.Pd/c1-17-31-27(35)21-11-5-6-12-22(21)28(36)32(31)18(2)39(17)25-15-9-10-16-26(25)40-19(3)33-29(37)23-13-7-8-14-24(23)30(38)34(33)20(40)4;1-3-2;/h5-20H,1-4H3;3H,1-2H3;/q;-1;/p+2/t17-,18?,19-,20?,39?,40?;;/m0../s1. The summed E-state index contributed by atoms with van der Waals surface area (Å²) in [5.41, 5.74) is -0.553. The van der Waals surface area contributed by atoms with Crippen LogP contribution in [0.15, 0.2) is 92.0 Å². The van der Waals surface area contributed by atoms with Crippen molar-refractivity contribution >= 4 is 48.0 Å². The van der Waals surface area contributed by atoms with E-state index in [4.69, 9.17) is 0 Å². The second-order valence-corrected chi connectivity index (χ2v) is 17.7. The van der Waals surface area contributed by atoms with Crippen molar-refractivity contribution in [3.8, 4) is 0 Å². The van der Waals surface area contributed by atoms with Crippen LogP contribution >= 0.6 is 15.8 Å². The summed E-state index contributed by atoms with van der Waals surface area (Å²) in [5, 5.41) is 4.15. The van der Waals surface area contributed by atoms with Crippen molar-refractivity contribution in [3.05, 3.63) is 121 Å². The molecule has 44 heavy (non-hydrogen) atoms. The van der Waals surface area contributed by atoms with Crippen molar-refractivity contribution < 1.29 is 20.4 Å². The van der Waals surface area contributed by atoms with Crippen LogP contribution in [-0.2, 0) is 20.4 Å². The summed E-state index contributed by atoms with van der Waals surface area (Å²) in [6.07, 6.45) is 2.00. The van der Waals surface area contributed by atoms with E-state index in [1.54, 1.807) is 67.3 Å². The molecule has 0 amide bonds. The monoisotopic (exact) mass is 721 g/mol. The van der Waals surface area contributed by atoms with E-state index < -0.39 is 15.8 Å². The summed E-state index contributed by atoms with van der Waals surface area (Å²) in [7, 11) is -3.01. The van der Waals surface area contributed by atoms with E-state index in [1.807, 2.05) is 32.4 Å². The van der Waals surface area contributed by atoms with Crippen molar-refractivity contribution in [2.24, 2.45) is 0 Å². The number of rotatable bonds is 2. The number of hydrogen-bond acceptors (Lipinski definition) is 4. The van der Waals surface area contributed by atoms with Gasteiger partial charge in [0, 0.05) is 20.4 Å². The summed E-state index contributed by atoms with van der Waals surface area (Å²) in [6.45, 7) is 12.2. The first-order valence-corrected chi connectivity index (χ1v) is 18.1. The van der Waals surface area contributed by atoms with Crippen molar-refractivity contribution in [2.75, 3.05) is 0 Å². The van der Waals surface area contributed by atoms with Crippen LogP contribution in [0.4, 0.5) is 0 Å². The Hall–Kier alpha value is -2.94. The summed E-state index contributed by atoms with van der Waals surface area (Å²) in [5.74, 6) is -0.626. The molecule has 4 heterocycles. The van der Waals surface area contributed by atoms with Crippen LogP contribution in [0.2, 0.25) is 0 Å². The summed E-state index contributed by atoms with van der Waals surface area (Å²) < 4.78 is 6.71. The number of fused-ring (bicyclic) bond motifs is 4. The van der Waals surface area contributed by atoms with Crippen molar-refractivity contribution in [3.63, 3.8) is 0 Å². The molecule has 0 bridgehead atoms. The molecule has 5 aromatic rings. The van der Waals surface area contributed by atoms with E-state index in [0.29, 0.717) is 21.5 Å². The molecule has 0 aliphatic carbocycles. The molecule has 232 valence electrons. The largest absolute Gasteiger partial charge is 0.335 e. The Morgan fingerprint density at radius 2 is 0.682 bits per heavy atom. The predicted molar refractivity (Wildman–Crippen MR) is 182 cm³/mol. The molecule has 4 unspecified atom stereocenters. The van der Waals surface area contributed by atoms with Crippen LogP contribution in [0.5, 0.6) is 0 Å². The molecular weight excluding hydrogens is 685 g/mol. The summed E-state index contributed by atoms with van der Waals surface area (Å²) >= 11 is 0. The van der Waals surface area contributed by atoms with E-state index in [0.717, 1.165) is 0 Å². The Morgan fingerprint density at radius 1 is 0.477 bits per heavy atom. The van der Waals surface area contributed by atoms with E-state index in [2.05, 4.69) is 39.8 Å². The molecule has 2 aliphatic heterocycles. The molecule has 11 heteroatoms. The van der Waals surface area contributed by atoms with Gasteiger partial charge in [0.2, 0.25) is 0 Å². The maximum absolute atomic E-state index is 13.6. The first-order chi connectivity index (χ1) is 20.6. The minimum absolute atomic E-state index is 0. The molecule has 6 atom stereocenters. The van der Waals surface area contributed by atoms with Gasteiger partial charge in [0.25, 0.3) is 22.2 Å². The third-order valence-electron chi connectivity index (χ3n) is 8.89. The van der Waals surface area contributed by atoms with Crippen LogP contribution in [0, 0.1) is 6.42 Å². The van der Waals surface area contributed by atoms with Gasteiger partial charge in [0.05, 0.1) is 37.4 Å². The molecule has 2 aliphatic rings. The molecule has 7 rings (SSSR count). The fraction of sp³-hybridized carbons (Fsp3) is 0.303. The zero-order valence-corrected chi connectivity index (χ0v) is 29.1. The van der Waals surface area contributed by atoms with Gasteiger partial charge < -0.3 is 6.42 Å². The van der Waals surface area contributed by atoms with Gasteiger partial charge in [-0.25, -0.2) is 18.7 Å². The number of benzene rings is 3. The van der Waals surface area contributed by atoms with Crippen LogP contribution in [0.1, 0.15) is 64.7 Å². The van der Waals surface area contributed by atoms with Gasteiger partial charge in [-0.2, -0.15) is 13.8 Å². The van der Waals surface area contributed by atoms with E-state index in [1.165, 1.54) is 10.6 Å². The fourth-order valence-corrected chi connectivity index (χ4v) is 14.6. The fourth-order valence-electron chi connectivity index (χ4n) is 7.16. The Morgan fingerprint density at radius 3 is 0.909 bits per heavy atom. The number of aromatic nitrogens is 4. The minimum Gasteiger partial charge on any atom is -0.335 e. The molecule has 0 N–H and O–H groups in total. The van der Waals surface area contributed by atoms with Gasteiger partial charge in [0.15, 0.2) is 23.1 Å². The molecule has 0 saturated carbocycles. The Labute approximate surface area is 271 Å². The van der Waals surface area contributed by atoms with Gasteiger partial charge >= 0.3 is 0 Å². The smallest absolute Gasteiger partial charge is 0.276 e. The topological polar surface area (TPSA) is 88.0 Å². The average Bonchev–Trinajstić information content (AvgIpc) is 3.43. The SMILES string of the molecule is CC1n2c(=O)c3ccccc3c(=O)n2[C@H](C)[PH+]1c1ccccc1[PH+]1C(C)n2c(=O)c3ccccc3c(=O)n2[C@@H]1C.C[CH-]C.[Pd]. The van der Waals surface area contributed by atoms with Crippen molar-refractivity contribution in [1.29, 1.82) is 0 Å². The Bertz CT molecular complexity index is 1860. The van der Waals surface area contributed by atoms with Crippen LogP contribution in [0.25, 0.3) is 21.5 Å². The molecule has 8 nitrogen and oxygen atoms in total. The molecule has 0 radical (unpaired) electrons. The molecule has 2 aromatic heterocycles. The normalized spacial score (nSPS) is 23.5. The second-order valence-electron chi connectivity index (χ2n) is 11.4. The average molecular weight is 722 g/mol. The second kappa shape index (κ2) is 12.5. The number of hydrogen-bond donors (Lipinski definition) is 0. The Balaban J connectivity index is 0.000000924. The molecule has 0 fully saturated rings.